The summed E-state index contributed by atoms with van der Waals surface area (Å²) in [5.74, 6) is -1.35. The summed E-state index contributed by atoms with van der Waals surface area (Å²) in [4.78, 5) is 53.9. The molecule has 0 fully saturated rings. The van der Waals surface area contributed by atoms with Gasteiger partial charge >= 0.3 is 12.1 Å². The molecule has 0 aromatic heterocycles. The Morgan fingerprint density at radius 3 is 2.29 bits per heavy atom. The molecule has 0 aliphatic heterocycles. The molecule has 0 saturated heterocycles. The number of amides is 3. The normalized spacial score (nSPS) is 12.8. The number of nitrogens with zero attached hydrogens (tertiary/aromatic N) is 1. The Hall–Kier alpha value is -3.30. The van der Waals surface area contributed by atoms with Crippen LogP contribution in [-0.2, 0) is 23.9 Å². The van der Waals surface area contributed by atoms with E-state index in [0.29, 0.717) is 18.4 Å². The maximum absolute atomic E-state index is 14.2. The molecule has 0 bridgehead atoms. The second kappa shape index (κ2) is 18.2. The topological polar surface area (TPSA) is 134 Å². The van der Waals surface area contributed by atoms with E-state index >= 15 is 0 Å². The number of hydrogen-bond donors (Lipinski definition) is 3. The fourth-order valence-corrected chi connectivity index (χ4v) is 4.38. The predicted molar refractivity (Wildman–Crippen MR) is 158 cm³/mol. The number of unbranched alkanes of at least 4 members (excludes halogenated alkanes) is 4. The molecule has 0 saturated carbocycles. The number of alkyl carbamates (subject to hydrolysis) is 1. The van der Waals surface area contributed by atoms with Gasteiger partial charge < -0.3 is 30.1 Å². The average Bonchev–Trinajstić information content (AvgIpc) is 2.85. The van der Waals surface area contributed by atoms with Crippen LogP contribution in [0.3, 0.4) is 0 Å². The number of aromatic hydroxyl groups is 1. The molecule has 1 aromatic rings. The molecule has 1 aromatic carbocycles. The molecule has 0 spiro atoms. The van der Waals surface area contributed by atoms with Crippen LogP contribution in [0.5, 0.6) is 5.75 Å². The number of hydrogen-bond acceptors (Lipinski definition) is 7. The van der Waals surface area contributed by atoms with Gasteiger partial charge in [-0.05, 0) is 64.2 Å². The maximum atomic E-state index is 14.2. The summed E-state index contributed by atoms with van der Waals surface area (Å²) in [5, 5.41) is 15.7. The molecular formula is C31H51N3O7. The summed E-state index contributed by atoms with van der Waals surface area (Å²) in [7, 11) is 0. The first-order valence-corrected chi connectivity index (χ1v) is 14.8. The van der Waals surface area contributed by atoms with Crippen LogP contribution in [0.15, 0.2) is 24.3 Å². The van der Waals surface area contributed by atoms with Crippen molar-refractivity contribution in [3.63, 3.8) is 0 Å². The van der Waals surface area contributed by atoms with Crippen molar-refractivity contribution >= 4 is 23.9 Å². The number of carbonyl (C=O) groups is 4. The lowest BCUT2D eigenvalue weighted by atomic mass is 9.98. The second-order valence-corrected chi connectivity index (χ2v) is 11.6. The van der Waals surface area contributed by atoms with Crippen LogP contribution in [0.25, 0.3) is 0 Å². The smallest absolute Gasteiger partial charge is 0.408 e. The van der Waals surface area contributed by atoms with Crippen molar-refractivity contribution in [3.05, 3.63) is 29.8 Å². The van der Waals surface area contributed by atoms with Gasteiger partial charge in [0.25, 0.3) is 0 Å². The number of benzene rings is 1. The van der Waals surface area contributed by atoms with E-state index in [0.717, 1.165) is 25.7 Å². The Bertz CT molecular complexity index is 975. The van der Waals surface area contributed by atoms with Crippen LogP contribution in [0.4, 0.5) is 4.79 Å². The summed E-state index contributed by atoms with van der Waals surface area (Å²) < 4.78 is 10.4. The highest BCUT2D eigenvalue weighted by molar-refractivity contribution is 5.92. The van der Waals surface area contributed by atoms with E-state index < -0.39 is 41.6 Å². The quantitative estimate of drug-likeness (QED) is 0.170. The molecule has 3 amide bonds. The Morgan fingerprint density at radius 2 is 1.71 bits per heavy atom. The van der Waals surface area contributed by atoms with Gasteiger partial charge in [-0.25, -0.2) is 4.79 Å². The first kappa shape index (κ1) is 35.7. The third kappa shape index (κ3) is 14.2. The van der Waals surface area contributed by atoms with Gasteiger partial charge in [0.2, 0.25) is 11.8 Å². The Labute approximate surface area is 245 Å². The van der Waals surface area contributed by atoms with Gasteiger partial charge in [0, 0.05) is 13.1 Å². The number of phenols is 1. The number of rotatable bonds is 17. The van der Waals surface area contributed by atoms with Crippen molar-refractivity contribution in [2.75, 3.05) is 19.7 Å². The molecular weight excluding hydrogens is 526 g/mol. The number of phenolic OH excluding ortho intramolecular Hbond substituents is 1. The van der Waals surface area contributed by atoms with Crippen LogP contribution in [-0.4, -0.2) is 65.2 Å². The van der Waals surface area contributed by atoms with Gasteiger partial charge in [0.1, 0.15) is 23.4 Å². The zero-order valence-electron chi connectivity index (χ0n) is 26.0. The number of carbonyl (C=O) groups excluding carboxylic acids is 4. The van der Waals surface area contributed by atoms with Crippen LogP contribution >= 0.6 is 0 Å². The molecule has 232 valence electrons. The van der Waals surface area contributed by atoms with Crippen LogP contribution < -0.4 is 10.6 Å². The third-order valence-electron chi connectivity index (χ3n) is 6.16. The Kier molecular flexibility index (Phi) is 15.9. The first-order chi connectivity index (χ1) is 19.3. The average molecular weight is 578 g/mol. The monoisotopic (exact) mass is 577 g/mol. The summed E-state index contributed by atoms with van der Waals surface area (Å²) in [6, 6.07) is 4.18. The van der Waals surface area contributed by atoms with Crippen molar-refractivity contribution < 1.29 is 33.8 Å². The zero-order chi connectivity index (χ0) is 31.0. The molecule has 2 atom stereocenters. The van der Waals surface area contributed by atoms with Gasteiger partial charge in [0.15, 0.2) is 0 Å². The summed E-state index contributed by atoms with van der Waals surface area (Å²) in [6.07, 6.45) is 4.23. The molecule has 10 nitrogen and oxygen atoms in total. The highest BCUT2D eigenvalue weighted by Crippen LogP contribution is 2.27. The molecule has 0 aliphatic rings. The van der Waals surface area contributed by atoms with E-state index in [2.05, 4.69) is 17.6 Å². The maximum Gasteiger partial charge on any atom is 0.408 e. The molecule has 3 N–H and O–H groups in total. The zero-order valence-corrected chi connectivity index (χ0v) is 26.0. The summed E-state index contributed by atoms with van der Waals surface area (Å²) >= 11 is 0. The fourth-order valence-electron chi connectivity index (χ4n) is 4.38. The lowest BCUT2D eigenvalue weighted by Gasteiger charge is -2.35. The summed E-state index contributed by atoms with van der Waals surface area (Å²) in [5.41, 5.74) is -0.335. The van der Waals surface area contributed by atoms with E-state index in [1.165, 1.54) is 17.0 Å². The summed E-state index contributed by atoms with van der Waals surface area (Å²) in [6.45, 7) is 13.5. The van der Waals surface area contributed by atoms with Crippen molar-refractivity contribution in [2.24, 2.45) is 5.92 Å². The van der Waals surface area contributed by atoms with E-state index in [-0.39, 0.29) is 37.8 Å². The minimum atomic E-state index is -1.10. The fraction of sp³-hybridized carbons (Fsp3) is 0.677. The van der Waals surface area contributed by atoms with Crippen molar-refractivity contribution in [1.29, 1.82) is 0 Å². The molecule has 2 unspecified atom stereocenters. The largest absolute Gasteiger partial charge is 0.508 e. The van der Waals surface area contributed by atoms with Gasteiger partial charge in [-0.2, -0.15) is 0 Å². The lowest BCUT2D eigenvalue weighted by Crippen LogP contribution is -2.53. The SMILES string of the molecule is CCCCCCCN(C(=O)C(CC(C)C)NC(=O)OC(C)(C)C)C(C(=O)NCCC(=O)OCC)c1cccc(O)c1. The van der Waals surface area contributed by atoms with Crippen molar-refractivity contribution in [2.45, 2.75) is 111 Å². The predicted octanol–water partition coefficient (Wildman–Crippen LogP) is 5.24. The minimum absolute atomic E-state index is 0.0204. The molecule has 0 radical (unpaired) electrons. The first-order valence-electron chi connectivity index (χ1n) is 14.8. The highest BCUT2D eigenvalue weighted by atomic mass is 16.6. The third-order valence-corrected chi connectivity index (χ3v) is 6.16. The van der Waals surface area contributed by atoms with Gasteiger partial charge in [-0.3, -0.25) is 14.4 Å². The lowest BCUT2D eigenvalue weighted by molar-refractivity contribution is -0.144. The number of nitrogens with one attached hydrogen (secondary N) is 2. The minimum Gasteiger partial charge on any atom is -0.508 e. The molecule has 41 heavy (non-hydrogen) atoms. The second-order valence-electron chi connectivity index (χ2n) is 11.6. The van der Waals surface area contributed by atoms with Gasteiger partial charge in [-0.1, -0.05) is 58.6 Å². The van der Waals surface area contributed by atoms with E-state index in [4.69, 9.17) is 9.47 Å². The Balaban J connectivity index is 3.43. The van der Waals surface area contributed by atoms with E-state index in [1.54, 1.807) is 39.8 Å². The van der Waals surface area contributed by atoms with Crippen LogP contribution in [0.1, 0.15) is 105 Å². The number of esters is 1. The van der Waals surface area contributed by atoms with E-state index in [1.807, 2.05) is 13.8 Å². The van der Waals surface area contributed by atoms with Crippen molar-refractivity contribution in [3.8, 4) is 5.75 Å². The van der Waals surface area contributed by atoms with Crippen LogP contribution in [0, 0.1) is 5.92 Å². The van der Waals surface area contributed by atoms with Gasteiger partial charge in [0.05, 0.1) is 13.0 Å². The molecule has 0 aliphatic carbocycles. The van der Waals surface area contributed by atoms with Crippen molar-refractivity contribution in [1.82, 2.24) is 15.5 Å². The molecule has 10 heteroatoms. The van der Waals surface area contributed by atoms with Gasteiger partial charge in [-0.15, -0.1) is 0 Å². The van der Waals surface area contributed by atoms with E-state index in [9.17, 15) is 24.3 Å². The Morgan fingerprint density at radius 1 is 1.02 bits per heavy atom. The highest BCUT2D eigenvalue weighted by Gasteiger charge is 2.36. The number of ether oxygens (including phenoxy) is 2. The molecule has 1 rings (SSSR count). The standard InChI is InChI=1S/C31H51N3O7/c1-8-10-11-12-13-19-34(29(38)25(20-22(3)4)33-30(39)41-31(5,6)7)27(23-15-14-16-24(35)21-23)28(37)32-18-17-26(36)40-9-2/h14-16,21-22,25,27,35H,8-13,17-20H2,1-7H3,(H,32,37)(H,33,39). The van der Waals surface area contributed by atoms with Crippen LogP contribution in [0.2, 0.25) is 0 Å². The molecule has 0 heterocycles.